The van der Waals surface area contributed by atoms with Crippen LogP contribution in [0.1, 0.15) is 48.2 Å². The molecule has 0 atom stereocenters. The van der Waals surface area contributed by atoms with Crippen molar-refractivity contribution in [1.82, 2.24) is 19.9 Å². The van der Waals surface area contributed by atoms with Gasteiger partial charge in [0.25, 0.3) is 11.8 Å². The molecule has 2 aromatic carbocycles. The van der Waals surface area contributed by atoms with Crippen LogP contribution in [0.15, 0.2) is 48.7 Å². The van der Waals surface area contributed by atoms with Gasteiger partial charge in [0.2, 0.25) is 11.9 Å². The van der Waals surface area contributed by atoms with Crippen LogP contribution in [-0.2, 0) is 10.2 Å². The van der Waals surface area contributed by atoms with Gasteiger partial charge in [0.1, 0.15) is 5.52 Å². The van der Waals surface area contributed by atoms with E-state index >= 15 is 0 Å². The van der Waals surface area contributed by atoms with Crippen molar-refractivity contribution in [2.24, 2.45) is 0 Å². The van der Waals surface area contributed by atoms with E-state index in [1.165, 1.54) is 11.3 Å². The van der Waals surface area contributed by atoms with Gasteiger partial charge in [-0.2, -0.15) is 10.2 Å². The number of carbonyl (C=O) groups excluding carboxylic acids is 2. The zero-order valence-electron chi connectivity index (χ0n) is 23.9. The number of hydrogen-bond acceptors (Lipinski definition) is 9. The molecule has 10 nitrogen and oxygen atoms in total. The molecule has 1 aliphatic heterocycles. The van der Waals surface area contributed by atoms with Gasteiger partial charge < -0.3 is 16.0 Å². The highest BCUT2D eigenvalue weighted by Gasteiger charge is 2.34. The lowest BCUT2D eigenvalue weighted by atomic mass is 9.85. The second kappa shape index (κ2) is 12.0. The molecule has 1 aliphatic rings. The zero-order chi connectivity index (χ0) is 30.8. The van der Waals surface area contributed by atoms with E-state index in [4.69, 9.17) is 0 Å². The summed E-state index contributed by atoms with van der Waals surface area (Å²) >= 11 is 1.18. The Hall–Kier alpha value is -4.54. The molecule has 13 heteroatoms. The highest BCUT2D eigenvalue weighted by molar-refractivity contribution is 7.21. The third-order valence-electron chi connectivity index (χ3n) is 7.22. The van der Waals surface area contributed by atoms with E-state index in [1.54, 1.807) is 55.3 Å². The van der Waals surface area contributed by atoms with Crippen molar-refractivity contribution < 1.29 is 18.4 Å². The molecule has 0 radical (unpaired) electrons. The first-order chi connectivity index (χ1) is 20.4. The molecule has 3 N–H and O–H groups in total. The Labute approximate surface area is 251 Å². The molecule has 0 aliphatic carbocycles. The molecule has 43 heavy (non-hydrogen) atoms. The van der Waals surface area contributed by atoms with Crippen LogP contribution in [-0.4, -0.2) is 57.2 Å². The molecular formula is C30H30F2N8O2S. The predicted molar refractivity (Wildman–Crippen MR) is 162 cm³/mol. The van der Waals surface area contributed by atoms with Crippen LogP contribution < -0.4 is 16.0 Å². The second-order valence-corrected chi connectivity index (χ2v) is 12.0. The normalized spacial score (nSPS) is 15.1. The number of nitrogens with one attached hydrogen (secondary N) is 3. The number of nitrogens with zero attached hydrogens (tertiary/aromatic N) is 5. The number of likely N-dealkylation sites (tertiary alicyclic amines) is 1. The Kier molecular flexibility index (Phi) is 8.34. The number of anilines is 4. The van der Waals surface area contributed by atoms with Crippen LogP contribution in [0.3, 0.4) is 0 Å². The first-order valence-electron chi connectivity index (χ1n) is 13.7. The number of aromatic nitrogens is 3. The summed E-state index contributed by atoms with van der Waals surface area (Å²) in [5.41, 5.74) is 3.11. The Morgan fingerprint density at radius 2 is 1.88 bits per heavy atom. The van der Waals surface area contributed by atoms with Gasteiger partial charge in [-0.1, -0.05) is 29.5 Å². The van der Waals surface area contributed by atoms with E-state index in [9.17, 15) is 23.6 Å². The van der Waals surface area contributed by atoms with Crippen molar-refractivity contribution in [3.05, 3.63) is 65.4 Å². The molecular weight excluding hydrogens is 574 g/mol. The molecule has 0 bridgehead atoms. The van der Waals surface area contributed by atoms with Gasteiger partial charge in [0.15, 0.2) is 9.96 Å². The number of alkyl halides is 2. The van der Waals surface area contributed by atoms with E-state index in [2.05, 4.69) is 37.0 Å². The molecule has 2 aromatic heterocycles. The van der Waals surface area contributed by atoms with Gasteiger partial charge in [-0.05, 0) is 56.2 Å². The van der Waals surface area contributed by atoms with Crippen LogP contribution in [0.25, 0.3) is 10.3 Å². The van der Waals surface area contributed by atoms with Crippen LogP contribution in [0.5, 0.6) is 0 Å². The summed E-state index contributed by atoms with van der Waals surface area (Å²) in [7, 11) is 0. The van der Waals surface area contributed by atoms with Crippen molar-refractivity contribution in [2.75, 3.05) is 35.6 Å². The van der Waals surface area contributed by atoms with Gasteiger partial charge >= 0.3 is 0 Å². The largest absolute Gasteiger partial charge is 0.324 e. The third-order valence-corrected chi connectivity index (χ3v) is 8.10. The zero-order valence-corrected chi connectivity index (χ0v) is 24.7. The SMILES string of the molecule is Cc1ccc(NC(=O)c2cccc(C(C)(C)C#N)c2)cc1Nc1ncc2nc(NC(=O)CN3CCC(F)(F)CC3)sc2n1. The lowest BCUT2D eigenvalue weighted by Crippen LogP contribution is -2.42. The number of fused-ring (bicyclic) bond motifs is 1. The number of carbonyl (C=O) groups is 2. The van der Waals surface area contributed by atoms with Crippen molar-refractivity contribution in [2.45, 2.75) is 45.0 Å². The Bertz CT molecular complexity index is 1720. The van der Waals surface area contributed by atoms with Gasteiger partial charge in [0, 0.05) is 42.9 Å². The summed E-state index contributed by atoms with van der Waals surface area (Å²) in [5, 5.41) is 18.6. The number of nitriles is 1. The van der Waals surface area contributed by atoms with Crippen LogP contribution >= 0.6 is 11.3 Å². The number of thiazole rings is 1. The molecule has 1 saturated heterocycles. The predicted octanol–water partition coefficient (Wildman–Crippen LogP) is 5.86. The van der Waals surface area contributed by atoms with Gasteiger partial charge in [0.05, 0.1) is 24.2 Å². The van der Waals surface area contributed by atoms with Crippen LogP contribution in [0, 0.1) is 18.3 Å². The summed E-state index contributed by atoms with van der Waals surface area (Å²) in [4.78, 5) is 40.9. The Morgan fingerprint density at radius 3 is 2.63 bits per heavy atom. The molecule has 1 fully saturated rings. The molecule has 5 rings (SSSR count). The Balaban J connectivity index is 1.24. The first kappa shape index (κ1) is 29.9. The van der Waals surface area contributed by atoms with E-state index < -0.39 is 11.3 Å². The lowest BCUT2D eigenvalue weighted by Gasteiger charge is -2.30. The topological polar surface area (TPSA) is 136 Å². The maximum atomic E-state index is 13.4. The number of hydrogen-bond donors (Lipinski definition) is 3. The number of amides is 2. The lowest BCUT2D eigenvalue weighted by molar-refractivity contribution is -0.119. The fraction of sp³-hybridized carbons (Fsp3) is 0.333. The molecule has 0 saturated carbocycles. The Morgan fingerprint density at radius 1 is 1.12 bits per heavy atom. The molecule has 0 unspecified atom stereocenters. The van der Waals surface area contributed by atoms with Gasteiger partial charge in [-0.3, -0.25) is 14.5 Å². The van der Waals surface area contributed by atoms with E-state index in [0.717, 1.165) is 11.1 Å². The standard InChI is InChI=1S/C30H30F2N8O2S/c1-18-7-8-21(35-25(42)19-5-4-6-20(13-19)29(2,3)17-33)14-22(18)36-27-34-15-23-26(39-27)43-28(37-23)38-24(41)16-40-11-9-30(31,32)10-12-40/h4-8,13-15H,9-12,16H2,1-3H3,(H,35,42)(H,34,36,39)(H,37,38,41). The van der Waals surface area contributed by atoms with E-state index in [0.29, 0.717) is 38.4 Å². The fourth-order valence-electron chi connectivity index (χ4n) is 4.52. The van der Waals surface area contributed by atoms with Crippen molar-refractivity contribution in [3.63, 3.8) is 0 Å². The van der Waals surface area contributed by atoms with Gasteiger partial charge in [-0.15, -0.1) is 0 Å². The minimum atomic E-state index is -2.67. The molecule has 4 aromatic rings. The highest BCUT2D eigenvalue weighted by atomic mass is 32.1. The number of aryl methyl sites for hydroxylation is 1. The van der Waals surface area contributed by atoms with Crippen molar-refractivity contribution in [3.8, 4) is 6.07 Å². The minimum absolute atomic E-state index is 0.0138. The van der Waals surface area contributed by atoms with Crippen LogP contribution in [0.2, 0.25) is 0 Å². The smallest absolute Gasteiger partial charge is 0.255 e. The van der Waals surface area contributed by atoms with Gasteiger partial charge in [-0.25, -0.2) is 18.7 Å². The first-order valence-corrected chi connectivity index (χ1v) is 14.5. The quantitative estimate of drug-likeness (QED) is 0.228. The van der Waals surface area contributed by atoms with E-state index in [1.807, 2.05) is 19.1 Å². The molecule has 2 amide bonds. The van der Waals surface area contributed by atoms with Crippen molar-refractivity contribution in [1.29, 1.82) is 5.26 Å². The number of rotatable bonds is 8. The average Bonchev–Trinajstić information content (AvgIpc) is 3.37. The maximum Gasteiger partial charge on any atom is 0.255 e. The number of piperidine rings is 1. The molecule has 222 valence electrons. The summed E-state index contributed by atoms with van der Waals surface area (Å²) in [6.07, 6.45) is 1.04. The van der Waals surface area contributed by atoms with Crippen LogP contribution in [0.4, 0.5) is 31.2 Å². The third kappa shape index (κ3) is 7.28. The average molecular weight is 605 g/mol. The summed E-state index contributed by atoms with van der Waals surface area (Å²) < 4.78 is 26.8. The molecule has 3 heterocycles. The molecule has 0 spiro atoms. The summed E-state index contributed by atoms with van der Waals surface area (Å²) in [5.74, 6) is -2.99. The monoisotopic (exact) mass is 604 g/mol. The highest BCUT2D eigenvalue weighted by Crippen LogP contribution is 2.29. The van der Waals surface area contributed by atoms with E-state index in [-0.39, 0.29) is 44.3 Å². The van der Waals surface area contributed by atoms with Crippen molar-refractivity contribution >= 4 is 56.0 Å². The fourth-order valence-corrected chi connectivity index (χ4v) is 5.35. The maximum absolute atomic E-state index is 13.4. The summed E-state index contributed by atoms with van der Waals surface area (Å²) in [6.45, 7) is 5.85. The second-order valence-electron chi connectivity index (χ2n) is 11.0. The minimum Gasteiger partial charge on any atom is -0.324 e. The summed E-state index contributed by atoms with van der Waals surface area (Å²) in [6, 6.07) is 14.7. The number of benzene rings is 2. The number of halogens is 2.